The van der Waals surface area contributed by atoms with Gasteiger partial charge in [-0.05, 0) is 59.2 Å². The third-order valence-electron chi connectivity index (χ3n) is 5.56. The Morgan fingerprint density at radius 3 is 2.22 bits per heavy atom. The van der Waals surface area contributed by atoms with E-state index in [4.69, 9.17) is 5.73 Å². The van der Waals surface area contributed by atoms with Crippen LogP contribution in [0.1, 0.15) is 58.2 Å². The van der Waals surface area contributed by atoms with Gasteiger partial charge >= 0.3 is 0 Å². The lowest BCUT2D eigenvalue weighted by Crippen LogP contribution is -2.47. The molecule has 1 aromatic rings. The molecule has 130 valence electrons. The third-order valence-corrected chi connectivity index (χ3v) is 5.56. The fourth-order valence-electron chi connectivity index (χ4n) is 3.87. The van der Waals surface area contributed by atoms with Crippen molar-refractivity contribution in [1.82, 2.24) is 24.8 Å². The van der Waals surface area contributed by atoms with E-state index in [1.165, 1.54) is 58.4 Å². The number of nitrogens with two attached hydrogens (primary N) is 1. The van der Waals surface area contributed by atoms with Gasteiger partial charge in [-0.2, -0.15) is 0 Å². The molecule has 2 N–H and O–H groups in total. The van der Waals surface area contributed by atoms with Crippen LogP contribution in [0.4, 0.5) is 0 Å². The van der Waals surface area contributed by atoms with Crippen LogP contribution in [0.5, 0.6) is 0 Å². The summed E-state index contributed by atoms with van der Waals surface area (Å²) in [6.45, 7) is 12.3. The molecule has 2 aliphatic heterocycles. The Hall–Kier alpha value is -0.980. The topological polar surface area (TPSA) is 63.2 Å². The molecule has 6 nitrogen and oxygen atoms in total. The van der Waals surface area contributed by atoms with Crippen LogP contribution in [0.15, 0.2) is 6.20 Å². The van der Waals surface area contributed by atoms with Crippen molar-refractivity contribution in [3.63, 3.8) is 0 Å². The van der Waals surface area contributed by atoms with Crippen LogP contribution in [-0.2, 0) is 5.54 Å². The molecule has 0 atom stereocenters. The van der Waals surface area contributed by atoms with Crippen molar-refractivity contribution in [1.29, 1.82) is 0 Å². The summed E-state index contributed by atoms with van der Waals surface area (Å²) in [6.07, 6.45) is 7.03. The Kier molecular flexibility index (Phi) is 5.04. The first-order valence-electron chi connectivity index (χ1n) is 9.15. The zero-order chi connectivity index (χ0) is 16.4. The van der Waals surface area contributed by atoms with Gasteiger partial charge in [-0.1, -0.05) is 12.1 Å². The zero-order valence-electron chi connectivity index (χ0n) is 14.9. The molecule has 6 heteroatoms. The van der Waals surface area contributed by atoms with Crippen LogP contribution in [-0.4, -0.2) is 63.6 Å². The number of nitrogens with zero attached hydrogens (tertiary/aromatic N) is 5. The van der Waals surface area contributed by atoms with Crippen LogP contribution in [0.2, 0.25) is 0 Å². The Labute approximate surface area is 140 Å². The standard InChI is InChI=1S/C17H32N6/c1-4-21-9-5-14(6-10-21)22-11-7-15(8-12-22)23-13-16(19-20-23)17(2,3)18/h13-15H,4-12,18H2,1-3H3. The van der Waals surface area contributed by atoms with Gasteiger partial charge in [0.1, 0.15) is 5.69 Å². The van der Waals surface area contributed by atoms with Crippen molar-refractivity contribution in [2.24, 2.45) is 5.73 Å². The molecule has 2 fully saturated rings. The van der Waals surface area contributed by atoms with Crippen LogP contribution >= 0.6 is 0 Å². The quantitative estimate of drug-likeness (QED) is 0.913. The van der Waals surface area contributed by atoms with Crippen molar-refractivity contribution in [2.45, 2.75) is 64.1 Å². The molecular formula is C17H32N6. The Balaban J connectivity index is 1.52. The minimum Gasteiger partial charge on any atom is -0.320 e. The zero-order valence-corrected chi connectivity index (χ0v) is 14.9. The predicted molar refractivity (Wildman–Crippen MR) is 92.2 cm³/mol. The van der Waals surface area contributed by atoms with Gasteiger partial charge in [0, 0.05) is 19.1 Å². The molecule has 0 radical (unpaired) electrons. The highest BCUT2D eigenvalue weighted by atomic mass is 15.4. The van der Waals surface area contributed by atoms with Gasteiger partial charge in [0.05, 0.1) is 17.8 Å². The summed E-state index contributed by atoms with van der Waals surface area (Å²) in [6, 6.07) is 1.26. The maximum absolute atomic E-state index is 6.11. The van der Waals surface area contributed by atoms with E-state index in [1.54, 1.807) is 0 Å². The maximum atomic E-state index is 6.11. The fourth-order valence-corrected chi connectivity index (χ4v) is 3.87. The molecule has 0 amide bonds. The summed E-state index contributed by atoms with van der Waals surface area (Å²) >= 11 is 0. The largest absolute Gasteiger partial charge is 0.320 e. The van der Waals surface area contributed by atoms with Crippen molar-refractivity contribution in [3.8, 4) is 0 Å². The van der Waals surface area contributed by atoms with Gasteiger partial charge in [0.15, 0.2) is 0 Å². The molecule has 0 saturated carbocycles. The average molecular weight is 320 g/mol. The first-order chi connectivity index (χ1) is 11.0. The van der Waals surface area contributed by atoms with Gasteiger partial charge in [-0.25, -0.2) is 4.68 Å². The Bertz CT molecular complexity index is 489. The number of piperidine rings is 2. The first kappa shape index (κ1) is 16.9. The van der Waals surface area contributed by atoms with E-state index >= 15 is 0 Å². The summed E-state index contributed by atoms with van der Waals surface area (Å²) in [5.41, 5.74) is 6.58. The van der Waals surface area contributed by atoms with Crippen LogP contribution in [0.25, 0.3) is 0 Å². The fraction of sp³-hybridized carbons (Fsp3) is 0.882. The summed E-state index contributed by atoms with van der Waals surface area (Å²) < 4.78 is 2.04. The average Bonchev–Trinajstić information content (AvgIpc) is 3.05. The Morgan fingerprint density at radius 2 is 1.70 bits per heavy atom. The predicted octanol–water partition coefficient (Wildman–Crippen LogP) is 1.59. The van der Waals surface area contributed by atoms with E-state index < -0.39 is 5.54 Å². The van der Waals surface area contributed by atoms with Gasteiger partial charge in [0.2, 0.25) is 0 Å². The molecule has 0 aliphatic carbocycles. The summed E-state index contributed by atoms with van der Waals surface area (Å²) in [4.78, 5) is 5.27. The molecule has 0 aromatic carbocycles. The molecule has 0 spiro atoms. The number of rotatable bonds is 4. The number of aromatic nitrogens is 3. The third kappa shape index (κ3) is 3.92. The molecular weight excluding hydrogens is 288 g/mol. The maximum Gasteiger partial charge on any atom is 0.102 e. The Morgan fingerprint density at radius 1 is 1.09 bits per heavy atom. The molecule has 2 saturated heterocycles. The second-order valence-corrected chi connectivity index (χ2v) is 7.74. The molecule has 2 aliphatic rings. The summed E-state index contributed by atoms with van der Waals surface area (Å²) in [5.74, 6) is 0. The normalized spacial score (nSPS) is 23.5. The number of hydrogen-bond acceptors (Lipinski definition) is 5. The minimum atomic E-state index is -0.411. The molecule has 23 heavy (non-hydrogen) atoms. The monoisotopic (exact) mass is 320 g/mol. The van der Waals surface area contributed by atoms with E-state index in [9.17, 15) is 0 Å². The lowest BCUT2D eigenvalue weighted by molar-refractivity contribution is 0.0788. The van der Waals surface area contributed by atoms with Gasteiger partial charge < -0.3 is 15.5 Å². The van der Waals surface area contributed by atoms with E-state index in [2.05, 4.69) is 27.0 Å². The second-order valence-electron chi connectivity index (χ2n) is 7.74. The van der Waals surface area contributed by atoms with E-state index in [1.807, 2.05) is 24.7 Å². The highest BCUT2D eigenvalue weighted by Crippen LogP contribution is 2.27. The number of likely N-dealkylation sites (tertiary alicyclic amines) is 2. The van der Waals surface area contributed by atoms with E-state index in [0.29, 0.717) is 6.04 Å². The van der Waals surface area contributed by atoms with Crippen molar-refractivity contribution < 1.29 is 0 Å². The van der Waals surface area contributed by atoms with Crippen LogP contribution in [0.3, 0.4) is 0 Å². The molecule has 0 unspecified atom stereocenters. The number of hydrogen-bond donors (Lipinski definition) is 1. The highest BCUT2D eigenvalue weighted by molar-refractivity contribution is 5.06. The highest BCUT2D eigenvalue weighted by Gasteiger charge is 2.29. The van der Waals surface area contributed by atoms with Crippen molar-refractivity contribution >= 4 is 0 Å². The van der Waals surface area contributed by atoms with Gasteiger partial charge in [0.25, 0.3) is 0 Å². The second kappa shape index (κ2) is 6.87. The summed E-state index contributed by atoms with van der Waals surface area (Å²) in [7, 11) is 0. The van der Waals surface area contributed by atoms with Crippen molar-refractivity contribution in [2.75, 3.05) is 32.7 Å². The molecule has 3 rings (SSSR count). The summed E-state index contributed by atoms with van der Waals surface area (Å²) in [5, 5.41) is 8.58. The smallest absolute Gasteiger partial charge is 0.102 e. The van der Waals surface area contributed by atoms with Gasteiger partial charge in [-0.15, -0.1) is 5.10 Å². The van der Waals surface area contributed by atoms with E-state index in [0.717, 1.165) is 11.7 Å². The lowest BCUT2D eigenvalue weighted by Gasteiger charge is -2.41. The SMILES string of the molecule is CCN1CCC(N2CCC(n3cc(C(C)(C)N)nn3)CC2)CC1. The minimum absolute atomic E-state index is 0.411. The molecule has 1 aromatic heterocycles. The van der Waals surface area contributed by atoms with Crippen molar-refractivity contribution in [3.05, 3.63) is 11.9 Å². The first-order valence-corrected chi connectivity index (χ1v) is 9.15. The van der Waals surface area contributed by atoms with Crippen LogP contribution in [0, 0.1) is 0 Å². The van der Waals surface area contributed by atoms with Gasteiger partial charge in [-0.3, -0.25) is 0 Å². The molecule has 3 heterocycles. The molecule has 0 bridgehead atoms. The van der Waals surface area contributed by atoms with E-state index in [-0.39, 0.29) is 0 Å². The lowest BCUT2D eigenvalue weighted by atomic mass is 9.98. The van der Waals surface area contributed by atoms with Crippen LogP contribution < -0.4 is 5.73 Å².